The summed E-state index contributed by atoms with van der Waals surface area (Å²) in [6, 6.07) is 13.6. The third-order valence-electron chi connectivity index (χ3n) is 2.69. The van der Waals surface area contributed by atoms with Gasteiger partial charge in [-0.1, -0.05) is 18.2 Å². The highest BCUT2D eigenvalue weighted by Gasteiger charge is 2.05. The summed E-state index contributed by atoms with van der Waals surface area (Å²) in [6.45, 7) is 0. The molecule has 0 aliphatic carbocycles. The van der Waals surface area contributed by atoms with Crippen LogP contribution in [0.3, 0.4) is 0 Å². The number of ether oxygens (including phenoxy) is 1. The van der Waals surface area contributed by atoms with Gasteiger partial charge in [-0.05, 0) is 18.2 Å². The Hall–Kier alpha value is -2.89. The van der Waals surface area contributed by atoms with Crippen molar-refractivity contribution in [3.8, 4) is 17.4 Å². The van der Waals surface area contributed by atoms with Crippen molar-refractivity contribution in [2.75, 3.05) is 12.4 Å². The van der Waals surface area contributed by atoms with Crippen LogP contribution in [0.1, 0.15) is 0 Å². The number of nitrogens with one attached hydrogen (secondary N) is 1. The van der Waals surface area contributed by atoms with Crippen LogP contribution >= 0.6 is 0 Å². The van der Waals surface area contributed by atoms with Gasteiger partial charge in [0.2, 0.25) is 0 Å². The molecule has 100 valence electrons. The highest BCUT2D eigenvalue weighted by molar-refractivity contribution is 5.40. The van der Waals surface area contributed by atoms with E-state index in [1.54, 1.807) is 36.4 Å². The van der Waals surface area contributed by atoms with Crippen LogP contribution in [0, 0.1) is 0 Å². The molecular formula is C14H13N5O. The lowest BCUT2D eigenvalue weighted by Gasteiger charge is -2.03. The van der Waals surface area contributed by atoms with Crippen molar-refractivity contribution in [1.29, 1.82) is 0 Å². The Labute approximate surface area is 116 Å². The van der Waals surface area contributed by atoms with E-state index in [4.69, 9.17) is 4.74 Å². The van der Waals surface area contributed by atoms with E-state index in [2.05, 4.69) is 20.4 Å². The predicted molar refractivity (Wildman–Crippen MR) is 75.2 cm³/mol. The summed E-state index contributed by atoms with van der Waals surface area (Å²) in [7, 11) is 1.80. The third-order valence-corrected chi connectivity index (χ3v) is 2.69. The first-order valence-electron chi connectivity index (χ1n) is 6.14. The van der Waals surface area contributed by atoms with Crippen molar-refractivity contribution in [2.45, 2.75) is 0 Å². The second-order valence-electron chi connectivity index (χ2n) is 4.04. The Bertz CT molecular complexity index is 696. The molecule has 0 saturated carbocycles. The molecule has 3 aromatic rings. The van der Waals surface area contributed by atoms with Crippen molar-refractivity contribution in [1.82, 2.24) is 19.7 Å². The lowest BCUT2D eigenvalue weighted by molar-refractivity contribution is 0.441. The molecule has 0 unspecified atom stereocenters. The molecule has 0 fully saturated rings. The Balaban J connectivity index is 1.80. The summed E-state index contributed by atoms with van der Waals surface area (Å²) in [6.07, 6.45) is 3.28. The summed E-state index contributed by atoms with van der Waals surface area (Å²) >= 11 is 0. The van der Waals surface area contributed by atoms with Gasteiger partial charge in [-0.2, -0.15) is 4.98 Å². The van der Waals surface area contributed by atoms with E-state index in [0.717, 1.165) is 11.5 Å². The van der Waals surface area contributed by atoms with Crippen LogP contribution in [-0.4, -0.2) is 26.8 Å². The fourth-order valence-electron chi connectivity index (χ4n) is 1.72. The molecule has 0 amide bonds. The van der Waals surface area contributed by atoms with Crippen LogP contribution in [0.2, 0.25) is 0 Å². The fraction of sp³-hybridized carbons (Fsp3) is 0.0714. The number of benzene rings is 1. The number of pyridine rings is 1. The van der Waals surface area contributed by atoms with Crippen molar-refractivity contribution < 1.29 is 4.74 Å². The Morgan fingerprint density at radius 3 is 2.75 bits per heavy atom. The molecular weight excluding hydrogens is 254 g/mol. The van der Waals surface area contributed by atoms with E-state index < -0.39 is 0 Å². The van der Waals surface area contributed by atoms with E-state index in [0.29, 0.717) is 11.8 Å². The molecule has 0 bridgehead atoms. The van der Waals surface area contributed by atoms with E-state index in [9.17, 15) is 0 Å². The maximum atomic E-state index is 5.60. The number of hydrogen-bond acceptors (Lipinski definition) is 5. The van der Waals surface area contributed by atoms with E-state index in [1.165, 1.54) is 0 Å². The number of rotatable bonds is 4. The van der Waals surface area contributed by atoms with E-state index >= 15 is 0 Å². The molecule has 3 rings (SSSR count). The highest BCUT2D eigenvalue weighted by Crippen LogP contribution is 2.19. The maximum Gasteiger partial charge on any atom is 0.341 e. The van der Waals surface area contributed by atoms with Gasteiger partial charge in [0.05, 0.1) is 5.69 Å². The molecule has 20 heavy (non-hydrogen) atoms. The number of nitrogens with zero attached hydrogens (tertiary/aromatic N) is 4. The molecule has 6 heteroatoms. The van der Waals surface area contributed by atoms with Gasteiger partial charge in [-0.3, -0.25) is 0 Å². The van der Waals surface area contributed by atoms with Crippen LogP contribution in [0.5, 0.6) is 11.8 Å². The van der Waals surface area contributed by atoms with Crippen LogP contribution in [0.15, 0.2) is 55.0 Å². The SMILES string of the molecule is CNc1cc(Oc2ncn(-c3ccccc3)n2)ccn1. The molecule has 0 spiro atoms. The van der Waals surface area contributed by atoms with Gasteiger partial charge in [-0.25, -0.2) is 9.67 Å². The molecule has 1 N–H and O–H groups in total. The third kappa shape index (κ3) is 2.59. The minimum atomic E-state index is 0.294. The van der Waals surface area contributed by atoms with Gasteiger partial charge in [0, 0.05) is 19.3 Å². The average molecular weight is 267 g/mol. The molecule has 0 atom stereocenters. The molecule has 0 saturated heterocycles. The quantitative estimate of drug-likeness (QED) is 0.786. The van der Waals surface area contributed by atoms with E-state index in [1.807, 2.05) is 30.3 Å². The van der Waals surface area contributed by atoms with Gasteiger partial charge in [0.1, 0.15) is 17.9 Å². The smallest absolute Gasteiger partial charge is 0.341 e. The fourth-order valence-corrected chi connectivity index (χ4v) is 1.72. The average Bonchev–Trinajstić information content (AvgIpc) is 2.97. The Kier molecular flexibility index (Phi) is 3.28. The first kappa shape index (κ1) is 12.2. The Morgan fingerprint density at radius 1 is 1.10 bits per heavy atom. The normalized spacial score (nSPS) is 10.2. The van der Waals surface area contributed by atoms with Crippen molar-refractivity contribution in [2.24, 2.45) is 0 Å². The minimum absolute atomic E-state index is 0.294. The minimum Gasteiger partial charge on any atom is -0.423 e. The van der Waals surface area contributed by atoms with Crippen molar-refractivity contribution >= 4 is 5.82 Å². The van der Waals surface area contributed by atoms with Gasteiger partial charge in [-0.15, -0.1) is 5.10 Å². The highest BCUT2D eigenvalue weighted by atomic mass is 16.5. The zero-order chi connectivity index (χ0) is 13.8. The van der Waals surface area contributed by atoms with Crippen LogP contribution in [-0.2, 0) is 0 Å². The van der Waals surface area contributed by atoms with Crippen LogP contribution in [0.25, 0.3) is 5.69 Å². The zero-order valence-electron chi connectivity index (χ0n) is 10.9. The van der Waals surface area contributed by atoms with Crippen LogP contribution in [0.4, 0.5) is 5.82 Å². The lowest BCUT2D eigenvalue weighted by Crippen LogP contribution is -1.95. The number of anilines is 1. The monoisotopic (exact) mass is 267 g/mol. The molecule has 0 aliphatic rings. The summed E-state index contributed by atoms with van der Waals surface area (Å²) in [5.74, 6) is 1.36. The van der Waals surface area contributed by atoms with Gasteiger partial charge >= 0.3 is 6.01 Å². The van der Waals surface area contributed by atoms with Gasteiger partial charge in [0.15, 0.2) is 0 Å². The summed E-state index contributed by atoms with van der Waals surface area (Å²) in [4.78, 5) is 8.25. The molecule has 1 aromatic carbocycles. The number of aromatic nitrogens is 4. The van der Waals surface area contributed by atoms with Gasteiger partial charge in [0.25, 0.3) is 0 Å². The summed E-state index contributed by atoms with van der Waals surface area (Å²) < 4.78 is 7.26. The first-order valence-corrected chi connectivity index (χ1v) is 6.14. The number of para-hydroxylation sites is 1. The largest absolute Gasteiger partial charge is 0.423 e. The standard InChI is InChI=1S/C14H13N5O/c1-15-13-9-12(7-8-16-13)20-14-17-10-19(18-14)11-5-3-2-4-6-11/h2-10H,1H3,(H,15,16). The van der Waals surface area contributed by atoms with Gasteiger partial charge < -0.3 is 10.1 Å². The summed E-state index contributed by atoms with van der Waals surface area (Å²) in [5, 5.41) is 7.22. The van der Waals surface area contributed by atoms with Crippen LogP contribution < -0.4 is 10.1 Å². The van der Waals surface area contributed by atoms with Crippen molar-refractivity contribution in [3.05, 3.63) is 55.0 Å². The molecule has 6 nitrogen and oxygen atoms in total. The predicted octanol–water partition coefficient (Wildman–Crippen LogP) is 2.50. The second kappa shape index (κ2) is 5.40. The molecule has 2 aromatic heterocycles. The second-order valence-corrected chi connectivity index (χ2v) is 4.04. The lowest BCUT2D eigenvalue weighted by atomic mass is 10.3. The maximum absolute atomic E-state index is 5.60. The zero-order valence-corrected chi connectivity index (χ0v) is 10.9. The van der Waals surface area contributed by atoms with E-state index in [-0.39, 0.29) is 0 Å². The topological polar surface area (TPSA) is 64.9 Å². The molecule has 0 aliphatic heterocycles. The molecule has 2 heterocycles. The first-order chi connectivity index (χ1) is 9.85. The number of hydrogen-bond donors (Lipinski definition) is 1. The van der Waals surface area contributed by atoms with Crippen molar-refractivity contribution in [3.63, 3.8) is 0 Å². The summed E-state index contributed by atoms with van der Waals surface area (Å²) in [5.41, 5.74) is 0.931. The Morgan fingerprint density at radius 2 is 1.95 bits per heavy atom. The molecule has 0 radical (unpaired) electrons.